The summed E-state index contributed by atoms with van der Waals surface area (Å²) in [6, 6.07) is 0. The standard InChI is InChI=1S/C6H11NOP/c1-9-5-7-3-2-6(8)4-7/h1,6,8H,2-5H2/q+1. The quantitative estimate of drug-likeness (QED) is 0.543. The molecule has 1 aliphatic rings. The molecular formula is C6H11NOP+. The van der Waals surface area contributed by atoms with Crippen molar-refractivity contribution in [2.45, 2.75) is 12.5 Å². The molecule has 1 unspecified atom stereocenters. The van der Waals surface area contributed by atoms with Crippen LogP contribution < -0.4 is 0 Å². The van der Waals surface area contributed by atoms with E-state index in [9.17, 15) is 0 Å². The molecule has 2 nitrogen and oxygen atoms in total. The van der Waals surface area contributed by atoms with Gasteiger partial charge in [0.05, 0.1) is 0 Å². The van der Waals surface area contributed by atoms with Crippen LogP contribution in [0.4, 0.5) is 0 Å². The van der Waals surface area contributed by atoms with Gasteiger partial charge in [0.15, 0.2) is 0 Å². The second kappa shape index (κ2) is 3.34. The van der Waals surface area contributed by atoms with E-state index in [-0.39, 0.29) is 6.10 Å². The molecule has 0 saturated carbocycles. The van der Waals surface area contributed by atoms with Gasteiger partial charge in [-0.2, -0.15) is 0 Å². The summed E-state index contributed by atoms with van der Waals surface area (Å²) in [5.41, 5.74) is 0. The fourth-order valence-electron chi connectivity index (χ4n) is 1.06. The Morgan fingerprint density at radius 3 is 3.00 bits per heavy atom. The second-order valence-electron chi connectivity index (χ2n) is 2.34. The maximum absolute atomic E-state index is 9.04. The van der Waals surface area contributed by atoms with E-state index in [1.54, 1.807) is 0 Å². The van der Waals surface area contributed by atoms with Crippen molar-refractivity contribution >= 4 is 8.04 Å². The van der Waals surface area contributed by atoms with Gasteiger partial charge in [-0.3, -0.25) is 0 Å². The molecule has 3 heteroatoms. The van der Waals surface area contributed by atoms with Crippen LogP contribution in [0.25, 0.3) is 0 Å². The van der Waals surface area contributed by atoms with Gasteiger partial charge < -0.3 is 0 Å². The first kappa shape index (κ1) is 7.24. The Kier molecular flexibility index (Phi) is 2.68. The molecule has 1 saturated heterocycles. The zero-order chi connectivity index (χ0) is 6.69. The number of hydrogen-bond acceptors (Lipinski definition) is 2. The van der Waals surface area contributed by atoms with Crippen LogP contribution in [0, 0.1) is 6.13 Å². The molecular weight excluding hydrogens is 133 g/mol. The molecule has 1 aliphatic heterocycles. The number of nitrogens with zero attached hydrogens (tertiary/aromatic N) is 1. The second-order valence-corrected chi connectivity index (χ2v) is 2.99. The van der Waals surface area contributed by atoms with E-state index < -0.39 is 0 Å². The van der Waals surface area contributed by atoms with Crippen LogP contribution in [-0.2, 0) is 0 Å². The summed E-state index contributed by atoms with van der Waals surface area (Å²) >= 11 is 0. The fourth-order valence-corrected chi connectivity index (χ4v) is 1.54. The van der Waals surface area contributed by atoms with Crippen molar-refractivity contribution in [2.24, 2.45) is 0 Å². The molecule has 1 heterocycles. The number of aliphatic hydroxyl groups is 1. The van der Waals surface area contributed by atoms with Gasteiger partial charge in [-0.15, -0.1) is 0 Å². The zero-order valence-corrected chi connectivity index (χ0v) is 6.22. The molecule has 0 aromatic carbocycles. The molecule has 0 radical (unpaired) electrons. The molecule has 1 fully saturated rings. The first-order valence-corrected chi connectivity index (χ1v) is 4.25. The van der Waals surface area contributed by atoms with Gasteiger partial charge in [-0.05, 0) is 0 Å². The van der Waals surface area contributed by atoms with E-state index in [0.717, 1.165) is 33.8 Å². The molecule has 0 aromatic rings. The third-order valence-corrected chi connectivity index (χ3v) is 2.09. The van der Waals surface area contributed by atoms with E-state index in [0.29, 0.717) is 0 Å². The third-order valence-electron chi connectivity index (χ3n) is 1.53. The van der Waals surface area contributed by atoms with E-state index in [1.807, 2.05) is 0 Å². The molecule has 50 valence electrons. The Labute approximate surface area is 56.9 Å². The van der Waals surface area contributed by atoms with Gasteiger partial charge in [0.1, 0.15) is 0 Å². The van der Waals surface area contributed by atoms with Crippen LogP contribution in [0.2, 0.25) is 0 Å². The van der Waals surface area contributed by atoms with Crippen LogP contribution in [0.15, 0.2) is 0 Å². The number of likely N-dealkylation sites (tertiary alicyclic amines) is 1. The summed E-state index contributed by atoms with van der Waals surface area (Å²) in [6.07, 6.45) is 7.01. The maximum atomic E-state index is 9.04. The predicted molar refractivity (Wildman–Crippen MR) is 38.9 cm³/mol. The van der Waals surface area contributed by atoms with Gasteiger partial charge in [0.2, 0.25) is 0 Å². The molecule has 0 spiro atoms. The van der Waals surface area contributed by atoms with Crippen LogP contribution >= 0.6 is 8.04 Å². The molecule has 0 aromatic heterocycles. The fraction of sp³-hybridized carbons (Fsp3) is 0.833. The van der Waals surface area contributed by atoms with Crippen LogP contribution in [-0.4, -0.2) is 35.5 Å². The monoisotopic (exact) mass is 144 g/mol. The van der Waals surface area contributed by atoms with Gasteiger partial charge in [0, 0.05) is 0 Å². The molecule has 1 atom stereocenters. The Hall–Kier alpha value is 0.130. The van der Waals surface area contributed by atoms with Crippen molar-refractivity contribution in [3.8, 4) is 6.13 Å². The topological polar surface area (TPSA) is 23.5 Å². The number of β-amino-alcohol motifs (C(OH)–C–C–N with tert-alkyl or cyclic N) is 1. The average Bonchev–Trinajstić information content (AvgIpc) is 2.17. The predicted octanol–water partition coefficient (Wildman–Crippen LogP) is 0.546. The van der Waals surface area contributed by atoms with E-state index in [1.165, 1.54) is 0 Å². The molecule has 0 aliphatic carbocycles. The number of rotatable bonds is 1. The van der Waals surface area contributed by atoms with E-state index in [4.69, 9.17) is 11.2 Å². The van der Waals surface area contributed by atoms with Crippen molar-refractivity contribution < 1.29 is 5.11 Å². The van der Waals surface area contributed by atoms with Crippen molar-refractivity contribution in [1.82, 2.24) is 4.90 Å². The van der Waals surface area contributed by atoms with Crippen molar-refractivity contribution in [3.63, 3.8) is 0 Å². The van der Waals surface area contributed by atoms with Crippen LogP contribution in [0.5, 0.6) is 0 Å². The van der Waals surface area contributed by atoms with E-state index >= 15 is 0 Å². The average molecular weight is 144 g/mol. The van der Waals surface area contributed by atoms with Crippen molar-refractivity contribution in [3.05, 3.63) is 0 Å². The Morgan fingerprint density at radius 2 is 2.56 bits per heavy atom. The molecule has 9 heavy (non-hydrogen) atoms. The summed E-state index contributed by atoms with van der Waals surface area (Å²) in [6.45, 7) is 1.82. The normalized spacial score (nSPS) is 28.7. The van der Waals surface area contributed by atoms with E-state index in [2.05, 4.69) is 4.90 Å². The summed E-state index contributed by atoms with van der Waals surface area (Å²) in [7, 11) is 0.906. The summed E-state index contributed by atoms with van der Waals surface area (Å²) in [4.78, 5) is 2.17. The summed E-state index contributed by atoms with van der Waals surface area (Å²) in [5.74, 6) is 0. The van der Waals surface area contributed by atoms with Gasteiger partial charge in [0.25, 0.3) is 0 Å². The van der Waals surface area contributed by atoms with Gasteiger partial charge >= 0.3 is 56.1 Å². The van der Waals surface area contributed by atoms with Crippen LogP contribution in [0.3, 0.4) is 0 Å². The van der Waals surface area contributed by atoms with Crippen molar-refractivity contribution in [1.29, 1.82) is 0 Å². The Morgan fingerprint density at radius 1 is 1.78 bits per heavy atom. The summed E-state index contributed by atoms with van der Waals surface area (Å²) in [5, 5.41) is 9.04. The SMILES string of the molecule is C#[P+]CN1CCC(O)C1. The molecule has 0 bridgehead atoms. The number of hydrogen-bond donors (Lipinski definition) is 1. The first-order valence-electron chi connectivity index (χ1n) is 3.10. The van der Waals surface area contributed by atoms with Crippen LogP contribution in [0.1, 0.15) is 6.42 Å². The Bertz CT molecular complexity index is 132. The minimum absolute atomic E-state index is 0.105. The molecule has 0 amide bonds. The van der Waals surface area contributed by atoms with Gasteiger partial charge in [-0.25, -0.2) is 0 Å². The first-order chi connectivity index (χ1) is 4.33. The minimum atomic E-state index is -0.105. The zero-order valence-electron chi connectivity index (χ0n) is 5.32. The van der Waals surface area contributed by atoms with Gasteiger partial charge in [-0.1, -0.05) is 0 Å². The Balaban J connectivity index is 2.24. The molecule has 1 rings (SSSR count). The molecule has 1 N–H and O–H groups in total. The summed E-state index contributed by atoms with van der Waals surface area (Å²) < 4.78 is 0. The number of aliphatic hydroxyl groups excluding tert-OH is 1. The third kappa shape index (κ3) is 2.08. The van der Waals surface area contributed by atoms with Crippen molar-refractivity contribution in [2.75, 3.05) is 19.4 Å².